The van der Waals surface area contributed by atoms with E-state index in [2.05, 4.69) is 37.2 Å². The maximum absolute atomic E-state index is 12.8. The lowest BCUT2D eigenvalue weighted by molar-refractivity contribution is -0.118. The number of anilines is 1. The zero-order valence-electron chi connectivity index (χ0n) is 16.6. The molecule has 1 aromatic heterocycles. The number of halogens is 2. The molecule has 0 unspecified atom stereocenters. The molecule has 4 aromatic carbocycles. The topological polar surface area (TPSA) is 51.2 Å². The number of aromatic nitrogens is 1. The molecule has 1 amide bonds. The van der Waals surface area contributed by atoms with Crippen LogP contribution in [0.5, 0.6) is 5.75 Å². The van der Waals surface area contributed by atoms with Crippen molar-refractivity contribution < 1.29 is 9.53 Å². The van der Waals surface area contributed by atoms with Gasteiger partial charge in [-0.05, 0) is 51.6 Å². The van der Waals surface area contributed by atoms with Crippen LogP contribution in [-0.2, 0) is 4.79 Å². The molecule has 0 saturated heterocycles. The normalized spacial score (nSPS) is 11.1. The summed E-state index contributed by atoms with van der Waals surface area (Å²) in [5, 5.41) is 5.88. The second kappa shape index (κ2) is 9.02. The number of thiazole rings is 1. The van der Waals surface area contributed by atoms with Crippen molar-refractivity contribution >= 4 is 75.8 Å². The Kier molecular flexibility index (Phi) is 5.95. The molecular formula is C25H16Br2N2O2S. The van der Waals surface area contributed by atoms with Gasteiger partial charge in [0.15, 0.2) is 6.61 Å². The molecule has 0 aliphatic rings. The monoisotopic (exact) mass is 566 g/mol. The zero-order valence-corrected chi connectivity index (χ0v) is 20.6. The molecule has 0 radical (unpaired) electrons. The number of rotatable bonds is 5. The number of carbonyl (C=O) groups is 1. The summed E-state index contributed by atoms with van der Waals surface area (Å²) in [6, 6.07) is 25.6. The van der Waals surface area contributed by atoms with Gasteiger partial charge in [-0.2, -0.15) is 0 Å². The lowest BCUT2D eigenvalue weighted by atomic mass is 10.1. The summed E-state index contributed by atoms with van der Waals surface area (Å²) >= 11 is 8.72. The van der Waals surface area contributed by atoms with Gasteiger partial charge in [0.05, 0.1) is 15.9 Å². The van der Waals surface area contributed by atoms with Gasteiger partial charge in [0.1, 0.15) is 10.8 Å². The third kappa shape index (κ3) is 4.28. The molecule has 0 aliphatic carbocycles. The van der Waals surface area contributed by atoms with Gasteiger partial charge in [-0.25, -0.2) is 4.98 Å². The first-order valence-corrected chi connectivity index (χ1v) is 12.2. The molecule has 4 nitrogen and oxygen atoms in total. The molecule has 0 atom stereocenters. The van der Waals surface area contributed by atoms with Gasteiger partial charge < -0.3 is 10.1 Å². The highest BCUT2D eigenvalue weighted by molar-refractivity contribution is 9.11. The van der Waals surface area contributed by atoms with Crippen LogP contribution < -0.4 is 10.1 Å². The van der Waals surface area contributed by atoms with Gasteiger partial charge in [-0.1, -0.05) is 64.5 Å². The molecule has 1 N–H and O–H groups in total. The summed E-state index contributed by atoms with van der Waals surface area (Å²) < 4.78 is 8.61. The van der Waals surface area contributed by atoms with Crippen LogP contribution in [0.4, 0.5) is 5.69 Å². The Morgan fingerprint density at radius 2 is 1.75 bits per heavy atom. The van der Waals surface area contributed by atoms with E-state index in [1.807, 2.05) is 78.9 Å². The molecule has 0 saturated carbocycles. The Bertz CT molecular complexity index is 1430. The summed E-state index contributed by atoms with van der Waals surface area (Å²) in [5.41, 5.74) is 2.44. The van der Waals surface area contributed by atoms with E-state index < -0.39 is 0 Å². The van der Waals surface area contributed by atoms with Crippen molar-refractivity contribution in [1.82, 2.24) is 4.98 Å². The van der Waals surface area contributed by atoms with E-state index in [1.165, 1.54) is 0 Å². The fraction of sp³-hybridized carbons (Fsp3) is 0.0400. The molecule has 7 heteroatoms. The Balaban J connectivity index is 1.41. The number of benzene rings is 4. The quantitative estimate of drug-likeness (QED) is 0.237. The van der Waals surface area contributed by atoms with Crippen LogP contribution in [0.1, 0.15) is 0 Å². The Morgan fingerprint density at radius 1 is 0.969 bits per heavy atom. The van der Waals surface area contributed by atoms with Crippen LogP contribution in [0, 0.1) is 0 Å². The highest BCUT2D eigenvalue weighted by Gasteiger charge is 2.17. The van der Waals surface area contributed by atoms with Crippen LogP contribution >= 0.6 is 43.2 Å². The zero-order chi connectivity index (χ0) is 22.1. The van der Waals surface area contributed by atoms with E-state index in [0.717, 1.165) is 40.5 Å². The van der Waals surface area contributed by atoms with Crippen LogP contribution in [0.2, 0.25) is 0 Å². The number of hydrogen-bond donors (Lipinski definition) is 1. The predicted molar refractivity (Wildman–Crippen MR) is 139 cm³/mol. The first-order chi connectivity index (χ1) is 15.6. The standard InChI is InChI=1S/C25H16Br2N2O2S/c26-16-12-18(25-28-20-9-3-4-11-22(20)32-25)24(19(27)13-16)29-23(30)14-31-21-10-5-7-15-6-1-2-8-17(15)21/h1-13H,14H2,(H,29,30). The Hall–Kier alpha value is -2.74. The minimum absolute atomic E-state index is 0.101. The van der Waals surface area contributed by atoms with E-state index in [4.69, 9.17) is 9.72 Å². The maximum Gasteiger partial charge on any atom is 0.262 e. The van der Waals surface area contributed by atoms with Gasteiger partial charge in [0, 0.05) is 19.9 Å². The highest BCUT2D eigenvalue weighted by Crippen LogP contribution is 2.40. The van der Waals surface area contributed by atoms with Crippen molar-refractivity contribution in [1.29, 1.82) is 0 Å². The third-order valence-electron chi connectivity index (χ3n) is 4.95. The summed E-state index contributed by atoms with van der Waals surface area (Å²) in [6.45, 7) is -0.101. The number of hydrogen-bond acceptors (Lipinski definition) is 4. The fourth-order valence-corrected chi connectivity index (χ4v) is 5.81. The molecule has 1 heterocycles. The Labute approximate surface area is 205 Å². The first-order valence-electron chi connectivity index (χ1n) is 9.84. The number of nitrogens with one attached hydrogen (secondary N) is 1. The molecule has 0 aliphatic heterocycles. The minimum atomic E-state index is -0.247. The molecule has 0 bridgehead atoms. The van der Waals surface area contributed by atoms with Gasteiger partial charge in [0.25, 0.3) is 5.91 Å². The summed E-state index contributed by atoms with van der Waals surface area (Å²) in [7, 11) is 0. The molecule has 5 rings (SSSR count). The molecule has 0 spiro atoms. The van der Waals surface area contributed by atoms with Crippen molar-refractivity contribution in [2.45, 2.75) is 0 Å². The number of amides is 1. The van der Waals surface area contributed by atoms with Gasteiger partial charge >= 0.3 is 0 Å². The average molecular weight is 568 g/mol. The molecule has 0 fully saturated rings. The van der Waals surface area contributed by atoms with Gasteiger partial charge in [-0.3, -0.25) is 4.79 Å². The number of ether oxygens (including phenoxy) is 1. The summed E-state index contributed by atoms with van der Waals surface area (Å²) in [6.07, 6.45) is 0. The second-order valence-electron chi connectivity index (χ2n) is 7.11. The maximum atomic E-state index is 12.8. The number of nitrogens with zero attached hydrogens (tertiary/aromatic N) is 1. The molecular weight excluding hydrogens is 552 g/mol. The minimum Gasteiger partial charge on any atom is -0.483 e. The predicted octanol–water partition coefficient (Wildman–Crippen LogP) is 7.66. The lowest BCUT2D eigenvalue weighted by Gasteiger charge is -2.14. The number of carbonyl (C=O) groups excluding carboxylic acids is 1. The first kappa shape index (κ1) is 21.1. The van der Waals surface area contributed by atoms with Crippen molar-refractivity contribution in [2.75, 3.05) is 11.9 Å². The van der Waals surface area contributed by atoms with E-state index >= 15 is 0 Å². The van der Waals surface area contributed by atoms with Crippen molar-refractivity contribution in [2.24, 2.45) is 0 Å². The van der Waals surface area contributed by atoms with E-state index in [0.29, 0.717) is 11.4 Å². The SMILES string of the molecule is O=C(COc1cccc2ccccc12)Nc1c(Br)cc(Br)cc1-c1nc2ccccc2s1. The number of para-hydroxylation sites is 1. The highest BCUT2D eigenvalue weighted by atomic mass is 79.9. The summed E-state index contributed by atoms with van der Waals surface area (Å²) in [4.78, 5) is 17.6. The largest absolute Gasteiger partial charge is 0.483 e. The van der Waals surface area contributed by atoms with E-state index in [1.54, 1.807) is 11.3 Å². The van der Waals surface area contributed by atoms with E-state index in [-0.39, 0.29) is 12.5 Å². The summed E-state index contributed by atoms with van der Waals surface area (Å²) in [5.74, 6) is 0.433. The van der Waals surface area contributed by atoms with Crippen LogP contribution in [-0.4, -0.2) is 17.5 Å². The molecule has 5 aromatic rings. The smallest absolute Gasteiger partial charge is 0.262 e. The van der Waals surface area contributed by atoms with Crippen LogP contribution in [0.25, 0.3) is 31.6 Å². The van der Waals surface area contributed by atoms with E-state index in [9.17, 15) is 4.79 Å². The fourth-order valence-electron chi connectivity index (χ4n) is 3.50. The molecule has 158 valence electrons. The van der Waals surface area contributed by atoms with Gasteiger partial charge in [-0.15, -0.1) is 11.3 Å². The second-order valence-corrected chi connectivity index (χ2v) is 9.91. The third-order valence-corrected chi connectivity index (χ3v) is 7.11. The molecule has 32 heavy (non-hydrogen) atoms. The van der Waals surface area contributed by atoms with Crippen LogP contribution in [0.3, 0.4) is 0 Å². The van der Waals surface area contributed by atoms with Gasteiger partial charge in [0.2, 0.25) is 0 Å². The Morgan fingerprint density at radius 3 is 2.62 bits per heavy atom. The lowest BCUT2D eigenvalue weighted by Crippen LogP contribution is -2.21. The van der Waals surface area contributed by atoms with Crippen molar-refractivity contribution in [3.63, 3.8) is 0 Å². The average Bonchev–Trinajstić information content (AvgIpc) is 3.23. The van der Waals surface area contributed by atoms with Crippen molar-refractivity contribution in [3.05, 3.63) is 87.8 Å². The van der Waals surface area contributed by atoms with Crippen LogP contribution in [0.15, 0.2) is 87.8 Å². The van der Waals surface area contributed by atoms with Crippen molar-refractivity contribution in [3.8, 4) is 16.3 Å². The number of fused-ring (bicyclic) bond motifs is 2.